The molecule has 0 radical (unpaired) electrons. The molecular formula is C17H23N5. The van der Waals surface area contributed by atoms with E-state index in [0.717, 1.165) is 44.4 Å². The first kappa shape index (κ1) is 14.8. The quantitative estimate of drug-likeness (QED) is 0.937. The smallest absolute Gasteiger partial charge is 0.134 e. The van der Waals surface area contributed by atoms with Crippen molar-refractivity contribution in [1.29, 1.82) is 0 Å². The largest absolute Gasteiger partial charge is 0.366 e. The molecule has 0 saturated carbocycles. The predicted octanol–water partition coefficient (Wildman–Crippen LogP) is 2.15. The fraction of sp³-hybridized carbons (Fsp3) is 0.412. The second-order valence-electron chi connectivity index (χ2n) is 5.83. The summed E-state index contributed by atoms with van der Waals surface area (Å²) in [5, 5.41) is 3.40. The minimum absolute atomic E-state index is 0.784. The summed E-state index contributed by atoms with van der Waals surface area (Å²) in [4.78, 5) is 13.4. The summed E-state index contributed by atoms with van der Waals surface area (Å²) < 4.78 is 0. The molecule has 5 nitrogen and oxygen atoms in total. The van der Waals surface area contributed by atoms with Crippen LogP contribution in [-0.2, 0) is 6.54 Å². The van der Waals surface area contributed by atoms with E-state index in [9.17, 15) is 0 Å². The van der Waals surface area contributed by atoms with Crippen LogP contribution in [0.5, 0.6) is 0 Å². The maximum Gasteiger partial charge on any atom is 0.134 e. The highest BCUT2D eigenvalue weighted by molar-refractivity contribution is 5.49. The van der Waals surface area contributed by atoms with Crippen LogP contribution in [0, 0.1) is 6.92 Å². The van der Waals surface area contributed by atoms with Crippen molar-refractivity contribution in [3.63, 3.8) is 0 Å². The molecular weight excluding hydrogens is 274 g/mol. The highest BCUT2D eigenvalue weighted by atomic mass is 15.3. The van der Waals surface area contributed by atoms with Gasteiger partial charge in [0.15, 0.2) is 0 Å². The first-order chi connectivity index (χ1) is 10.7. The molecule has 0 spiro atoms. The van der Waals surface area contributed by atoms with Gasteiger partial charge in [0.25, 0.3) is 0 Å². The van der Waals surface area contributed by atoms with Crippen LogP contribution in [0.25, 0.3) is 0 Å². The third kappa shape index (κ3) is 3.54. The van der Waals surface area contributed by atoms with Gasteiger partial charge in [-0.05, 0) is 25.1 Å². The number of rotatable bonds is 4. The SMILES string of the molecule is Cc1ccccc1CNc1cc(N2CCN(C)CC2)ncn1. The molecule has 3 rings (SSSR count). The van der Waals surface area contributed by atoms with Crippen molar-refractivity contribution >= 4 is 11.6 Å². The molecule has 0 aliphatic carbocycles. The van der Waals surface area contributed by atoms with E-state index in [0.29, 0.717) is 0 Å². The Morgan fingerprint density at radius 1 is 1.09 bits per heavy atom. The lowest BCUT2D eigenvalue weighted by atomic mass is 10.1. The van der Waals surface area contributed by atoms with Crippen molar-refractivity contribution in [2.24, 2.45) is 0 Å². The Labute approximate surface area is 132 Å². The van der Waals surface area contributed by atoms with Crippen molar-refractivity contribution in [2.75, 3.05) is 43.4 Å². The minimum atomic E-state index is 0.784. The Bertz CT molecular complexity index is 620. The van der Waals surface area contributed by atoms with Gasteiger partial charge in [-0.25, -0.2) is 9.97 Å². The Morgan fingerprint density at radius 3 is 2.64 bits per heavy atom. The van der Waals surface area contributed by atoms with Gasteiger partial charge in [0.2, 0.25) is 0 Å². The van der Waals surface area contributed by atoms with Gasteiger partial charge in [0.1, 0.15) is 18.0 Å². The van der Waals surface area contributed by atoms with Gasteiger partial charge < -0.3 is 15.1 Å². The van der Waals surface area contributed by atoms with Crippen LogP contribution >= 0.6 is 0 Å². The third-order valence-electron chi connectivity index (χ3n) is 4.20. The summed E-state index contributed by atoms with van der Waals surface area (Å²) >= 11 is 0. The van der Waals surface area contributed by atoms with Gasteiger partial charge in [0.05, 0.1) is 0 Å². The van der Waals surface area contributed by atoms with Crippen LogP contribution in [0.1, 0.15) is 11.1 Å². The molecule has 1 aliphatic rings. The Hall–Kier alpha value is -2.14. The van der Waals surface area contributed by atoms with Crippen molar-refractivity contribution < 1.29 is 0 Å². The normalized spacial score (nSPS) is 15.8. The monoisotopic (exact) mass is 297 g/mol. The molecule has 1 aromatic carbocycles. The zero-order valence-electron chi connectivity index (χ0n) is 13.3. The Balaban J connectivity index is 1.65. The summed E-state index contributed by atoms with van der Waals surface area (Å²) in [5.41, 5.74) is 2.59. The lowest BCUT2D eigenvalue weighted by molar-refractivity contribution is 0.312. The summed E-state index contributed by atoms with van der Waals surface area (Å²) in [7, 11) is 2.16. The van der Waals surface area contributed by atoms with E-state index < -0.39 is 0 Å². The van der Waals surface area contributed by atoms with Crippen molar-refractivity contribution in [2.45, 2.75) is 13.5 Å². The molecule has 1 aromatic heterocycles. The molecule has 2 aromatic rings. The third-order valence-corrected chi connectivity index (χ3v) is 4.20. The molecule has 0 amide bonds. The number of piperazine rings is 1. The van der Waals surface area contributed by atoms with E-state index in [4.69, 9.17) is 0 Å². The Morgan fingerprint density at radius 2 is 1.86 bits per heavy atom. The Kier molecular flexibility index (Phi) is 4.53. The van der Waals surface area contributed by atoms with Crippen molar-refractivity contribution in [3.05, 3.63) is 47.8 Å². The first-order valence-electron chi connectivity index (χ1n) is 7.76. The van der Waals surface area contributed by atoms with Crippen molar-refractivity contribution in [1.82, 2.24) is 14.9 Å². The zero-order chi connectivity index (χ0) is 15.4. The zero-order valence-corrected chi connectivity index (χ0v) is 13.3. The van der Waals surface area contributed by atoms with Crippen LogP contribution in [0.4, 0.5) is 11.6 Å². The topological polar surface area (TPSA) is 44.3 Å². The number of aromatic nitrogens is 2. The molecule has 1 aliphatic heterocycles. The predicted molar refractivity (Wildman–Crippen MR) is 90.2 cm³/mol. The molecule has 0 bridgehead atoms. The number of nitrogens with one attached hydrogen (secondary N) is 1. The number of likely N-dealkylation sites (N-methyl/N-ethyl adjacent to an activating group) is 1. The average Bonchev–Trinajstić information content (AvgIpc) is 2.55. The molecule has 5 heteroatoms. The number of benzene rings is 1. The van der Waals surface area contributed by atoms with E-state index in [1.165, 1.54) is 11.1 Å². The maximum atomic E-state index is 4.42. The lowest BCUT2D eigenvalue weighted by Crippen LogP contribution is -2.44. The molecule has 1 saturated heterocycles. The van der Waals surface area contributed by atoms with E-state index in [-0.39, 0.29) is 0 Å². The second kappa shape index (κ2) is 6.75. The van der Waals surface area contributed by atoms with Crippen LogP contribution in [0.3, 0.4) is 0 Å². The molecule has 1 fully saturated rings. The van der Waals surface area contributed by atoms with Gasteiger partial charge in [-0.2, -0.15) is 0 Å². The van der Waals surface area contributed by atoms with E-state index in [1.54, 1.807) is 6.33 Å². The van der Waals surface area contributed by atoms with Gasteiger partial charge >= 0.3 is 0 Å². The summed E-state index contributed by atoms with van der Waals surface area (Å²) in [6.07, 6.45) is 1.65. The van der Waals surface area contributed by atoms with E-state index in [2.05, 4.69) is 63.3 Å². The van der Waals surface area contributed by atoms with Gasteiger partial charge in [-0.15, -0.1) is 0 Å². The fourth-order valence-electron chi connectivity index (χ4n) is 2.65. The van der Waals surface area contributed by atoms with Gasteiger partial charge in [0, 0.05) is 38.8 Å². The van der Waals surface area contributed by atoms with Crippen LogP contribution in [-0.4, -0.2) is 48.1 Å². The standard InChI is InChI=1S/C17H23N5/c1-14-5-3-4-6-15(14)12-18-16-11-17(20-13-19-16)22-9-7-21(2)8-10-22/h3-6,11,13H,7-10,12H2,1-2H3,(H,18,19,20). The van der Waals surface area contributed by atoms with Gasteiger partial charge in [-0.3, -0.25) is 0 Å². The summed E-state index contributed by atoms with van der Waals surface area (Å²) in [6.45, 7) is 7.11. The summed E-state index contributed by atoms with van der Waals surface area (Å²) in [6, 6.07) is 10.5. The number of hydrogen-bond acceptors (Lipinski definition) is 5. The van der Waals surface area contributed by atoms with E-state index >= 15 is 0 Å². The molecule has 2 heterocycles. The lowest BCUT2D eigenvalue weighted by Gasteiger charge is -2.33. The fourth-order valence-corrected chi connectivity index (χ4v) is 2.65. The highest BCUT2D eigenvalue weighted by Gasteiger charge is 2.15. The molecule has 1 N–H and O–H groups in total. The van der Waals surface area contributed by atoms with Crippen molar-refractivity contribution in [3.8, 4) is 0 Å². The van der Waals surface area contributed by atoms with Crippen LogP contribution < -0.4 is 10.2 Å². The molecule has 0 unspecified atom stereocenters. The molecule has 22 heavy (non-hydrogen) atoms. The molecule has 116 valence electrons. The van der Waals surface area contributed by atoms with E-state index in [1.807, 2.05) is 6.07 Å². The maximum absolute atomic E-state index is 4.42. The second-order valence-corrected chi connectivity index (χ2v) is 5.83. The average molecular weight is 297 g/mol. The number of hydrogen-bond donors (Lipinski definition) is 1. The van der Waals surface area contributed by atoms with Crippen LogP contribution in [0.15, 0.2) is 36.7 Å². The number of aryl methyl sites for hydroxylation is 1. The first-order valence-corrected chi connectivity index (χ1v) is 7.76. The van der Waals surface area contributed by atoms with Gasteiger partial charge in [-0.1, -0.05) is 24.3 Å². The molecule has 0 atom stereocenters. The number of nitrogens with zero attached hydrogens (tertiary/aromatic N) is 4. The number of anilines is 2. The van der Waals surface area contributed by atoms with Crippen LogP contribution in [0.2, 0.25) is 0 Å². The summed E-state index contributed by atoms with van der Waals surface area (Å²) in [5.74, 6) is 1.89. The minimum Gasteiger partial charge on any atom is -0.366 e. The highest BCUT2D eigenvalue weighted by Crippen LogP contribution is 2.17.